The zero-order valence-electron chi connectivity index (χ0n) is 19.2. The molecule has 0 aliphatic carbocycles. The van der Waals surface area contributed by atoms with Crippen LogP contribution < -0.4 is 0 Å². The largest absolute Gasteiger partial charge is 0.673 e. The smallest absolute Gasteiger partial charge is 0.418 e. The molecule has 0 saturated heterocycles. The average molecular weight is 519 g/mol. The van der Waals surface area contributed by atoms with Gasteiger partial charge in [0, 0.05) is 0 Å². The topological polar surface area (TPSA) is 0 Å². The van der Waals surface area contributed by atoms with Gasteiger partial charge in [0.05, 0.1) is 26.2 Å². The Labute approximate surface area is 191 Å². The molecule has 0 fully saturated rings. The van der Waals surface area contributed by atoms with Gasteiger partial charge in [-0.3, -0.25) is 0 Å². The van der Waals surface area contributed by atoms with E-state index < -0.39 is 21.8 Å². The lowest BCUT2D eigenvalue weighted by molar-refractivity contribution is -0.929. The van der Waals surface area contributed by atoms with Crippen molar-refractivity contribution in [1.29, 1.82) is 0 Å². The number of hydrogen-bond donors (Lipinski definition) is 0. The minimum absolute atomic E-state index is 0. The maximum Gasteiger partial charge on any atom is 0.673 e. The van der Waals surface area contributed by atoms with Gasteiger partial charge in [-0.15, -0.1) is 0 Å². The van der Waals surface area contributed by atoms with E-state index >= 15 is 0 Å². The molecular weight excluding hydrogens is 479 g/mol. The minimum Gasteiger partial charge on any atom is -0.418 e. The summed E-state index contributed by atoms with van der Waals surface area (Å²) in [5.41, 5.74) is 0. The van der Waals surface area contributed by atoms with Gasteiger partial charge in [-0.05, 0) is 25.7 Å². The fourth-order valence-corrected chi connectivity index (χ4v) is 2.64. The normalized spacial score (nSPS) is 11.6. The highest BCUT2D eigenvalue weighted by atomic mass is 19.5. The summed E-state index contributed by atoms with van der Waals surface area (Å²) in [6.07, 6.45) is 11.1. The number of nitrogens with zero attached hydrogens (tertiary/aromatic N) is 1. The second-order valence-electron chi connectivity index (χ2n) is 7.13. The number of quaternary nitrogens is 1. The van der Waals surface area contributed by atoms with E-state index in [9.17, 15) is 51.8 Å². The van der Waals surface area contributed by atoms with Gasteiger partial charge < -0.3 is 56.3 Å². The van der Waals surface area contributed by atoms with Gasteiger partial charge in [-0.1, -0.05) is 60.8 Å². The molecule has 1 nitrogen and oxygen atoms in total. The van der Waals surface area contributed by atoms with Crippen LogP contribution in [0.3, 0.4) is 0 Å². The molecule has 0 unspecified atom stereocenters. The van der Waals surface area contributed by atoms with Crippen molar-refractivity contribution in [2.75, 3.05) is 26.2 Å². The minimum atomic E-state index is -6.00. The van der Waals surface area contributed by atoms with E-state index in [-0.39, 0.29) is 7.43 Å². The second kappa shape index (κ2) is 23.1. The third-order valence-corrected chi connectivity index (χ3v) is 3.94. The van der Waals surface area contributed by atoms with Crippen LogP contribution in [0, 0.1) is 0 Å². The molecule has 0 rings (SSSR count). The molecule has 0 spiro atoms. The lowest BCUT2D eigenvalue weighted by atomic mass is 10.1. The van der Waals surface area contributed by atoms with Crippen LogP contribution in [0.25, 0.3) is 0 Å². The van der Waals surface area contributed by atoms with E-state index in [1.807, 2.05) is 0 Å². The third kappa shape index (κ3) is 72.1. The molecule has 0 amide bonds. The molecule has 0 N–H and O–H groups in total. The maximum atomic E-state index is 9.75. The summed E-state index contributed by atoms with van der Waals surface area (Å²) in [6.45, 7) is 15.0. The van der Waals surface area contributed by atoms with Crippen LogP contribution in [0.1, 0.15) is 86.5 Å². The van der Waals surface area contributed by atoms with Gasteiger partial charge in [0.2, 0.25) is 0 Å². The van der Waals surface area contributed by atoms with Gasteiger partial charge in [0.1, 0.15) is 0 Å². The van der Waals surface area contributed by atoms with E-state index in [4.69, 9.17) is 0 Å². The van der Waals surface area contributed by atoms with Crippen LogP contribution in [0.15, 0.2) is 0 Å². The summed E-state index contributed by atoms with van der Waals surface area (Å²) < 4.78 is 118. The first kappa shape index (κ1) is 42.5. The van der Waals surface area contributed by atoms with Crippen molar-refractivity contribution in [1.82, 2.24) is 0 Å². The molecule has 0 heterocycles. The molecule has 0 aliphatic rings. The molecule has 0 atom stereocenters. The van der Waals surface area contributed by atoms with Crippen LogP contribution >= 0.6 is 0 Å². The predicted molar refractivity (Wildman–Crippen MR) is 117 cm³/mol. The Balaban J connectivity index is -0.000000133. The van der Waals surface area contributed by atoms with Crippen LogP contribution in [0.4, 0.5) is 51.8 Å². The predicted octanol–water partition coefficient (Wildman–Crippen LogP) is 9.54. The average Bonchev–Trinajstić information content (AvgIpc) is 2.56. The van der Waals surface area contributed by atoms with Gasteiger partial charge >= 0.3 is 21.8 Å². The zero-order valence-corrected chi connectivity index (χ0v) is 19.2. The van der Waals surface area contributed by atoms with Crippen molar-refractivity contribution in [3.63, 3.8) is 0 Å². The molecule has 0 aromatic carbocycles. The summed E-state index contributed by atoms with van der Waals surface area (Å²) in [5.74, 6) is 0. The SMILES string of the molecule is C.CCCC[N+](CCCC)(CCCC)CCCC.F[B-](F)(F)F.F[B-](F)(F)F.F[B-](F)(F)F. The first-order valence-corrected chi connectivity index (χ1v) is 10.7. The summed E-state index contributed by atoms with van der Waals surface area (Å²) in [5, 5.41) is 0. The Kier molecular flexibility index (Phi) is 29.7. The number of rotatable bonds is 12. The van der Waals surface area contributed by atoms with Gasteiger partial charge in [-0.2, -0.15) is 0 Å². The van der Waals surface area contributed by atoms with Crippen molar-refractivity contribution in [2.24, 2.45) is 0 Å². The summed E-state index contributed by atoms with van der Waals surface area (Å²) in [6, 6.07) is 0. The van der Waals surface area contributed by atoms with Gasteiger partial charge in [0.25, 0.3) is 0 Å². The number of hydrogen-bond acceptors (Lipinski definition) is 0. The Hall–Kier alpha value is -0.685. The van der Waals surface area contributed by atoms with Crippen LogP contribution in [0.5, 0.6) is 0 Å². The molecule has 16 heteroatoms. The number of unbranched alkanes of at least 4 members (excludes halogenated alkanes) is 4. The van der Waals surface area contributed by atoms with E-state index in [1.165, 1.54) is 82.0 Å². The van der Waals surface area contributed by atoms with Crippen LogP contribution in [-0.2, 0) is 0 Å². The van der Waals surface area contributed by atoms with E-state index in [0.29, 0.717) is 0 Å². The first-order chi connectivity index (χ1) is 14.2. The van der Waals surface area contributed by atoms with E-state index in [0.717, 1.165) is 0 Å². The van der Waals surface area contributed by atoms with Gasteiger partial charge in [0.15, 0.2) is 0 Å². The highest BCUT2D eigenvalue weighted by Crippen LogP contribution is 2.16. The van der Waals surface area contributed by atoms with Crippen molar-refractivity contribution < 1.29 is 56.3 Å². The molecular formula is C17H40B3F12N-2. The van der Waals surface area contributed by atoms with Crippen LogP contribution in [-0.4, -0.2) is 52.4 Å². The van der Waals surface area contributed by atoms with Crippen molar-refractivity contribution in [2.45, 2.75) is 86.5 Å². The molecule has 0 aromatic rings. The fraction of sp³-hybridized carbons (Fsp3) is 1.00. The monoisotopic (exact) mass is 519 g/mol. The highest BCUT2D eigenvalue weighted by molar-refractivity contribution is 6.50. The van der Waals surface area contributed by atoms with Crippen molar-refractivity contribution in [3.8, 4) is 0 Å². The lowest BCUT2D eigenvalue weighted by Crippen LogP contribution is -2.50. The first-order valence-electron chi connectivity index (χ1n) is 10.7. The van der Waals surface area contributed by atoms with Crippen molar-refractivity contribution in [3.05, 3.63) is 0 Å². The lowest BCUT2D eigenvalue weighted by Gasteiger charge is -2.39. The van der Waals surface area contributed by atoms with Gasteiger partial charge in [-0.25, -0.2) is 0 Å². The van der Waals surface area contributed by atoms with Crippen LogP contribution in [0.2, 0.25) is 0 Å². The van der Waals surface area contributed by atoms with E-state index in [1.54, 1.807) is 0 Å². The standard InChI is InChI=1S/C16H36N.CH4.3BF4/c1-5-9-13-17(14-10-6-2,15-11-7-3)16-12-8-4;;3*2-1(3,4)5/h5-16H2,1-4H3;1H4;;;/q+1;;3*-1. The molecule has 0 bridgehead atoms. The molecule has 0 aliphatic heterocycles. The Morgan fingerprint density at radius 1 is 0.394 bits per heavy atom. The molecule has 0 saturated carbocycles. The fourth-order valence-electron chi connectivity index (χ4n) is 2.64. The van der Waals surface area contributed by atoms with Crippen molar-refractivity contribution >= 4 is 21.8 Å². The maximum absolute atomic E-state index is 9.75. The molecule has 0 aromatic heterocycles. The summed E-state index contributed by atoms with van der Waals surface area (Å²) in [7, 11) is -18.0. The highest BCUT2D eigenvalue weighted by Gasteiger charge is 2.25. The Bertz CT molecular complexity index is 307. The summed E-state index contributed by atoms with van der Waals surface area (Å²) in [4.78, 5) is 0. The molecule has 33 heavy (non-hydrogen) atoms. The second-order valence-corrected chi connectivity index (χ2v) is 7.13. The summed E-state index contributed by atoms with van der Waals surface area (Å²) >= 11 is 0. The molecule has 208 valence electrons. The third-order valence-electron chi connectivity index (χ3n) is 3.94. The quantitative estimate of drug-likeness (QED) is 0.137. The Morgan fingerprint density at radius 3 is 0.606 bits per heavy atom. The number of halogens is 12. The van der Waals surface area contributed by atoms with E-state index in [2.05, 4.69) is 27.7 Å². The zero-order chi connectivity index (χ0) is 26.5. The Morgan fingerprint density at radius 2 is 0.515 bits per heavy atom. The molecule has 0 radical (unpaired) electrons.